The number of carbonyl (C=O) groups excluding carboxylic acids is 1. The van der Waals surface area contributed by atoms with Gasteiger partial charge in [0.15, 0.2) is 0 Å². The minimum atomic E-state index is -0.0323. The minimum absolute atomic E-state index is 0.0323. The van der Waals surface area contributed by atoms with Crippen molar-refractivity contribution in [1.29, 1.82) is 0 Å². The molecule has 1 rings (SSSR count). The van der Waals surface area contributed by atoms with Crippen LogP contribution in [0.25, 0.3) is 0 Å². The number of aryl methyl sites for hydroxylation is 2. The van der Waals surface area contributed by atoms with Crippen molar-refractivity contribution in [3.63, 3.8) is 0 Å². The number of hydrogen-bond donors (Lipinski definition) is 1. The Labute approximate surface area is 116 Å². The molecule has 5 heteroatoms. The molecule has 0 aliphatic carbocycles. The van der Waals surface area contributed by atoms with Gasteiger partial charge in [0.1, 0.15) is 5.69 Å². The van der Waals surface area contributed by atoms with Crippen LogP contribution in [0, 0.1) is 5.92 Å². The zero-order valence-corrected chi connectivity index (χ0v) is 13.0. The van der Waals surface area contributed by atoms with Crippen molar-refractivity contribution >= 4 is 28.5 Å². The summed E-state index contributed by atoms with van der Waals surface area (Å²) in [7, 11) is 1.81. The van der Waals surface area contributed by atoms with E-state index in [-0.39, 0.29) is 11.9 Å². The molecule has 0 aliphatic heterocycles. The standard InChI is InChI=1S/C12H20IN3O/c1-5-9-6-11(16(4)15-9)12(17)14-10(7-13)8(2)3/h6,8,10H,5,7H2,1-4H3,(H,14,17). The second-order valence-corrected chi connectivity index (χ2v) is 5.36. The zero-order chi connectivity index (χ0) is 13.0. The van der Waals surface area contributed by atoms with Gasteiger partial charge in [0.2, 0.25) is 0 Å². The Morgan fingerprint density at radius 3 is 2.65 bits per heavy atom. The average Bonchev–Trinajstić information content (AvgIpc) is 2.66. The molecule has 0 spiro atoms. The predicted octanol–water partition coefficient (Wildman–Crippen LogP) is 2.17. The van der Waals surface area contributed by atoms with Gasteiger partial charge in [-0.3, -0.25) is 9.48 Å². The third-order valence-corrected chi connectivity index (χ3v) is 3.76. The van der Waals surface area contributed by atoms with Gasteiger partial charge in [-0.05, 0) is 18.4 Å². The van der Waals surface area contributed by atoms with Crippen molar-refractivity contribution in [2.24, 2.45) is 13.0 Å². The van der Waals surface area contributed by atoms with E-state index in [1.807, 2.05) is 20.0 Å². The van der Waals surface area contributed by atoms with Crippen molar-refractivity contribution in [1.82, 2.24) is 15.1 Å². The van der Waals surface area contributed by atoms with E-state index >= 15 is 0 Å². The van der Waals surface area contributed by atoms with Crippen LogP contribution >= 0.6 is 22.6 Å². The number of nitrogens with one attached hydrogen (secondary N) is 1. The van der Waals surface area contributed by atoms with E-state index in [2.05, 4.69) is 46.9 Å². The molecule has 1 atom stereocenters. The first-order valence-electron chi connectivity index (χ1n) is 5.89. The van der Waals surface area contributed by atoms with E-state index in [4.69, 9.17) is 0 Å². The molecule has 1 amide bonds. The quantitative estimate of drug-likeness (QED) is 0.654. The van der Waals surface area contributed by atoms with Crippen molar-refractivity contribution in [3.05, 3.63) is 17.5 Å². The fourth-order valence-corrected chi connectivity index (χ4v) is 2.77. The number of rotatable bonds is 5. The molecule has 0 radical (unpaired) electrons. The molecule has 0 saturated heterocycles. The lowest BCUT2D eigenvalue weighted by molar-refractivity contribution is 0.0922. The predicted molar refractivity (Wildman–Crippen MR) is 77.6 cm³/mol. The second kappa shape index (κ2) is 6.37. The highest BCUT2D eigenvalue weighted by Gasteiger charge is 2.18. The Hall–Kier alpha value is -0.590. The molecule has 1 aromatic heterocycles. The Bertz CT molecular complexity index is 387. The Balaban J connectivity index is 2.78. The maximum absolute atomic E-state index is 12.1. The van der Waals surface area contributed by atoms with Crippen LogP contribution in [-0.2, 0) is 13.5 Å². The molecule has 96 valence electrons. The van der Waals surface area contributed by atoms with Crippen LogP contribution in [0.3, 0.4) is 0 Å². The lowest BCUT2D eigenvalue weighted by Gasteiger charge is -2.19. The van der Waals surface area contributed by atoms with Gasteiger partial charge in [-0.25, -0.2) is 0 Å². The zero-order valence-electron chi connectivity index (χ0n) is 10.8. The van der Waals surface area contributed by atoms with Gasteiger partial charge in [-0.1, -0.05) is 43.4 Å². The summed E-state index contributed by atoms with van der Waals surface area (Å²) >= 11 is 2.30. The summed E-state index contributed by atoms with van der Waals surface area (Å²) in [6.45, 7) is 6.26. The third-order valence-electron chi connectivity index (χ3n) is 2.81. The fraction of sp³-hybridized carbons (Fsp3) is 0.667. The number of aromatic nitrogens is 2. The van der Waals surface area contributed by atoms with Crippen molar-refractivity contribution in [3.8, 4) is 0 Å². The van der Waals surface area contributed by atoms with Gasteiger partial charge in [-0.15, -0.1) is 0 Å². The molecule has 0 aromatic carbocycles. The summed E-state index contributed by atoms with van der Waals surface area (Å²) in [5.41, 5.74) is 1.59. The van der Waals surface area contributed by atoms with E-state index in [1.54, 1.807) is 4.68 Å². The smallest absolute Gasteiger partial charge is 0.269 e. The average molecular weight is 349 g/mol. The Kier molecular flexibility index (Phi) is 5.42. The number of nitrogens with zero attached hydrogens (tertiary/aromatic N) is 2. The van der Waals surface area contributed by atoms with E-state index < -0.39 is 0 Å². The Morgan fingerprint density at radius 1 is 1.59 bits per heavy atom. The molecule has 0 bridgehead atoms. The normalized spacial score (nSPS) is 12.8. The SMILES string of the molecule is CCc1cc(C(=O)NC(CI)C(C)C)n(C)n1. The van der Waals surface area contributed by atoms with Crippen molar-refractivity contribution in [2.45, 2.75) is 33.2 Å². The number of carbonyl (C=O) groups is 1. The summed E-state index contributed by atoms with van der Waals surface area (Å²) in [4.78, 5) is 12.1. The molecule has 0 fully saturated rings. The molecular weight excluding hydrogens is 329 g/mol. The summed E-state index contributed by atoms with van der Waals surface area (Å²) in [6, 6.07) is 2.07. The summed E-state index contributed by atoms with van der Waals surface area (Å²) in [5.74, 6) is 0.407. The molecule has 0 aliphatic rings. The van der Waals surface area contributed by atoms with E-state index in [0.717, 1.165) is 16.5 Å². The van der Waals surface area contributed by atoms with E-state index in [1.165, 1.54) is 0 Å². The van der Waals surface area contributed by atoms with Gasteiger partial charge in [0.05, 0.1) is 5.69 Å². The van der Waals surface area contributed by atoms with Gasteiger partial charge in [-0.2, -0.15) is 5.10 Å². The maximum atomic E-state index is 12.1. The molecule has 1 aromatic rings. The van der Waals surface area contributed by atoms with E-state index in [0.29, 0.717) is 11.6 Å². The molecule has 17 heavy (non-hydrogen) atoms. The number of hydrogen-bond acceptors (Lipinski definition) is 2. The van der Waals surface area contributed by atoms with Crippen LogP contribution in [0.1, 0.15) is 37.0 Å². The summed E-state index contributed by atoms with van der Waals surface area (Å²) in [5, 5.41) is 7.34. The van der Waals surface area contributed by atoms with Crippen LogP contribution in [0.2, 0.25) is 0 Å². The number of alkyl halides is 1. The molecule has 1 N–H and O–H groups in total. The minimum Gasteiger partial charge on any atom is -0.347 e. The van der Waals surface area contributed by atoms with Crippen LogP contribution in [-0.4, -0.2) is 26.2 Å². The number of halogens is 1. The lowest BCUT2D eigenvalue weighted by atomic mass is 10.1. The summed E-state index contributed by atoms with van der Waals surface area (Å²) < 4.78 is 2.57. The number of amides is 1. The molecule has 4 nitrogen and oxygen atoms in total. The first-order chi connectivity index (χ1) is 7.99. The van der Waals surface area contributed by atoms with Crippen molar-refractivity contribution < 1.29 is 4.79 Å². The first kappa shape index (κ1) is 14.5. The highest BCUT2D eigenvalue weighted by molar-refractivity contribution is 14.1. The fourth-order valence-electron chi connectivity index (χ4n) is 1.54. The van der Waals surface area contributed by atoms with Crippen molar-refractivity contribution in [2.75, 3.05) is 4.43 Å². The summed E-state index contributed by atoms with van der Waals surface area (Å²) in [6.07, 6.45) is 0.848. The van der Waals surface area contributed by atoms with Crippen LogP contribution in [0.4, 0.5) is 0 Å². The van der Waals surface area contributed by atoms with Gasteiger partial charge in [0.25, 0.3) is 5.91 Å². The van der Waals surface area contributed by atoms with E-state index in [9.17, 15) is 4.79 Å². The van der Waals surface area contributed by atoms with Crippen LogP contribution in [0.15, 0.2) is 6.07 Å². The van der Waals surface area contributed by atoms with Gasteiger partial charge >= 0.3 is 0 Å². The monoisotopic (exact) mass is 349 g/mol. The topological polar surface area (TPSA) is 46.9 Å². The van der Waals surface area contributed by atoms with Gasteiger partial charge in [0, 0.05) is 17.5 Å². The highest BCUT2D eigenvalue weighted by atomic mass is 127. The van der Waals surface area contributed by atoms with Crippen LogP contribution in [0.5, 0.6) is 0 Å². The molecule has 1 heterocycles. The molecule has 0 saturated carbocycles. The first-order valence-corrected chi connectivity index (χ1v) is 7.41. The molecular formula is C12H20IN3O. The molecule has 1 unspecified atom stereocenters. The lowest BCUT2D eigenvalue weighted by Crippen LogP contribution is -2.40. The second-order valence-electron chi connectivity index (χ2n) is 4.48. The largest absolute Gasteiger partial charge is 0.347 e. The van der Waals surface area contributed by atoms with Crippen LogP contribution < -0.4 is 5.32 Å². The Morgan fingerprint density at radius 2 is 2.24 bits per heavy atom. The highest BCUT2D eigenvalue weighted by Crippen LogP contribution is 2.08. The third kappa shape index (κ3) is 3.69. The maximum Gasteiger partial charge on any atom is 0.269 e. The van der Waals surface area contributed by atoms with Gasteiger partial charge < -0.3 is 5.32 Å².